The van der Waals surface area contributed by atoms with E-state index in [0.717, 1.165) is 31.5 Å². The number of anilines is 2. The van der Waals surface area contributed by atoms with Gasteiger partial charge in [-0.25, -0.2) is 9.97 Å². The summed E-state index contributed by atoms with van der Waals surface area (Å²) >= 11 is 0. The van der Waals surface area contributed by atoms with Gasteiger partial charge in [0.2, 0.25) is 5.75 Å². The van der Waals surface area contributed by atoms with Gasteiger partial charge in [0.25, 0.3) is 0 Å². The van der Waals surface area contributed by atoms with E-state index in [2.05, 4.69) is 20.2 Å². The van der Waals surface area contributed by atoms with Crippen molar-refractivity contribution in [1.82, 2.24) is 9.97 Å². The first-order valence-electron chi connectivity index (χ1n) is 6.77. The van der Waals surface area contributed by atoms with E-state index in [0.29, 0.717) is 23.7 Å². The predicted octanol–water partition coefficient (Wildman–Crippen LogP) is 1.02. The molecular weight excluding hydrogens is 244 g/mol. The topological polar surface area (TPSA) is 70.5 Å². The number of hydrogen-bond donors (Lipinski definition) is 2. The van der Waals surface area contributed by atoms with Crippen molar-refractivity contribution >= 4 is 11.6 Å². The average Bonchev–Trinajstić information content (AvgIpc) is 2.69. The molecule has 0 saturated carbocycles. The van der Waals surface area contributed by atoms with E-state index in [1.165, 1.54) is 0 Å². The molecule has 0 radical (unpaired) electrons. The molecule has 0 spiro atoms. The van der Waals surface area contributed by atoms with Crippen LogP contribution in [0.5, 0.6) is 5.75 Å². The number of aliphatic hydroxyl groups excluding tert-OH is 1. The lowest BCUT2D eigenvalue weighted by Gasteiger charge is -2.38. The van der Waals surface area contributed by atoms with Crippen molar-refractivity contribution in [1.29, 1.82) is 0 Å². The van der Waals surface area contributed by atoms with Crippen LogP contribution in [0, 0.1) is 0 Å². The number of methoxy groups -OCH3 is 1. The van der Waals surface area contributed by atoms with Gasteiger partial charge in [-0.05, 0) is 25.7 Å². The summed E-state index contributed by atoms with van der Waals surface area (Å²) in [6.45, 7) is 0. The van der Waals surface area contributed by atoms with Crippen LogP contribution in [-0.2, 0) is 0 Å². The van der Waals surface area contributed by atoms with Crippen LogP contribution in [0.25, 0.3) is 0 Å². The lowest BCUT2D eigenvalue weighted by Crippen LogP contribution is -2.45. The van der Waals surface area contributed by atoms with Gasteiger partial charge < -0.3 is 20.1 Å². The van der Waals surface area contributed by atoms with Crippen molar-refractivity contribution < 1.29 is 9.84 Å². The van der Waals surface area contributed by atoms with Crippen LogP contribution in [0.2, 0.25) is 0 Å². The minimum absolute atomic E-state index is 0.176. The smallest absolute Gasteiger partial charge is 0.204 e. The molecule has 1 aromatic heterocycles. The van der Waals surface area contributed by atoms with Crippen LogP contribution >= 0.6 is 0 Å². The van der Waals surface area contributed by atoms with Crippen LogP contribution in [-0.4, -0.2) is 47.4 Å². The highest BCUT2D eigenvalue weighted by Crippen LogP contribution is 2.43. The van der Waals surface area contributed by atoms with Gasteiger partial charge in [-0.2, -0.15) is 0 Å². The molecule has 19 heavy (non-hydrogen) atoms. The van der Waals surface area contributed by atoms with Crippen molar-refractivity contribution in [3.63, 3.8) is 0 Å². The number of aliphatic hydroxyl groups is 1. The third kappa shape index (κ3) is 2.00. The number of fused-ring (bicyclic) bond motifs is 2. The molecule has 104 valence electrons. The van der Waals surface area contributed by atoms with Crippen molar-refractivity contribution in [2.75, 3.05) is 24.4 Å². The van der Waals surface area contributed by atoms with E-state index in [1.54, 1.807) is 13.4 Å². The largest absolute Gasteiger partial charge is 0.490 e. The Balaban J connectivity index is 1.99. The van der Waals surface area contributed by atoms with Gasteiger partial charge in [0.15, 0.2) is 11.6 Å². The number of nitrogens with zero attached hydrogens (tertiary/aromatic N) is 3. The van der Waals surface area contributed by atoms with Gasteiger partial charge in [0.1, 0.15) is 6.33 Å². The first-order valence-corrected chi connectivity index (χ1v) is 6.77. The summed E-state index contributed by atoms with van der Waals surface area (Å²) in [4.78, 5) is 10.9. The van der Waals surface area contributed by atoms with Crippen molar-refractivity contribution in [3.05, 3.63) is 6.33 Å². The fraction of sp³-hybridized carbons (Fsp3) is 0.692. The summed E-state index contributed by atoms with van der Waals surface area (Å²) in [5, 5.41) is 12.9. The summed E-state index contributed by atoms with van der Waals surface area (Å²) in [6.07, 6.45) is 5.25. The molecule has 2 aliphatic rings. The van der Waals surface area contributed by atoms with E-state index >= 15 is 0 Å². The molecule has 0 aliphatic carbocycles. The lowest BCUT2D eigenvalue weighted by molar-refractivity contribution is 0.125. The normalized spacial score (nSPS) is 29.4. The maximum absolute atomic E-state index is 9.88. The van der Waals surface area contributed by atoms with Crippen LogP contribution < -0.4 is 15.0 Å². The molecule has 2 saturated heterocycles. The quantitative estimate of drug-likeness (QED) is 0.849. The maximum Gasteiger partial charge on any atom is 0.204 e. The zero-order valence-electron chi connectivity index (χ0n) is 11.3. The molecule has 2 fully saturated rings. The predicted molar refractivity (Wildman–Crippen MR) is 72.7 cm³/mol. The van der Waals surface area contributed by atoms with E-state index in [1.807, 2.05) is 7.05 Å². The maximum atomic E-state index is 9.88. The molecule has 2 aliphatic heterocycles. The number of piperidine rings is 1. The summed E-state index contributed by atoms with van der Waals surface area (Å²) < 4.78 is 5.48. The number of hydrogen-bond acceptors (Lipinski definition) is 6. The Morgan fingerprint density at radius 1 is 1.32 bits per heavy atom. The molecule has 3 rings (SSSR count). The van der Waals surface area contributed by atoms with Gasteiger partial charge in [-0.15, -0.1) is 0 Å². The molecule has 2 atom stereocenters. The molecule has 2 unspecified atom stereocenters. The van der Waals surface area contributed by atoms with Crippen molar-refractivity contribution in [3.8, 4) is 5.75 Å². The Labute approximate surface area is 112 Å². The fourth-order valence-corrected chi connectivity index (χ4v) is 3.41. The number of aromatic nitrogens is 2. The standard InChI is InChI=1S/C13H20N4O2/c1-14-12-11(19-2)13(16-7-15-12)17-8-3-4-9(17)6-10(18)5-8/h7-10,18H,3-6H2,1-2H3,(H,14,15,16). The fourth-order valence-electron chi connectivity index (χ4n) is 3.41. The second-order valence-electron chi connectivity index (χ2n) is 5.25. The van der Waals surface area contributed by atoms with Crippen LogP contribution in [0.3, 0.4) is 0 Å². The monoisotopic (exact) mass is 264 g/mol. The van der Waals surface area contributed by atoms with E-state index in [9.17, 15) is 5.11 Å². The molecule has 3 heterocycles. The highest BCUT2D eigenvalue weighted by atomic mass is 16.5. The third-order valence-electron chi connectivity index (χ3n) is 4.18. The Morgan fingerprint density at radius 3 is 2.58 bits per heavy atom. The number of nitrogens with one attached hydrogen (secondary N) is 1. The summed E-state index contributed by atoms with van der Waals surface area (Å²) in [5.74, 6) is 2.25. The second-order valence-corrected chi connectivity index (χ2v) is 5.25. The van der Waals surface area contributed by atoms with E-state index < -0.39 is 0 Å². The molecule has 1 aromatic rings. The van der Waals surface area contributed by atoms with Gasteiger partial charge in [0.05, 0.1) is 13.2 Å². The number of ether oxygens (including phenoxy) is 1. The summed E-state index contributed by atoms with van der Waals surface area (Å²) in [7, 11) is 3.47. The van der Waals surface area contributed by atoms with Crippen molar-refractivity contribution in [2.24, 2.45) is 0 Å². The molecule has 2 N–H and O–H groups in total. The molecular formula is C13H20N4O2. The highest BCUT2D eigenvalue weighted by Gasteiger charge is 2.42. The van der Waals surface area contributed by atoms with Crippen LogP contribution in [0.1, 0.15) is 25.7 Å². The van der Waals surface area contributed by atoms with Gasteiger partial charge in [0, 0.05) is 19.1 Å². The molecule has 6 nitrogen and oxygen atoms in total. The zero-order chi connectivity index (χ0) is 13.4. The Hall–Kier alpha value is -1.56. The zero-order valence-corrected chi connectivity index (χ0v) is 11.3. The highest BCUT2D eigenvalue weighted by molar-refractivity contribution is 5.66. The molecule has 0 amide bonds. The average molecular weight is 264 g/mol. The Bertz CT molecular complexity index is 454. The van der Waals surface area contributed by atoms with E-state index in [4.69, 9.17) is 4.74 Å². The first kappa shape index (κ1) is 12.5. The number of rotatable bonds is 3. The molecule has 6 heteroatoms. The molecule has 0 aromatic carbocycles. The third-order valence-corrected chi connectivity index (χ3v) is 4.18. The minimum Gasteiger partial charge on any atom is -0.490 e. The SMILES string of the molecule is CNc1ncnc(N2C3CCC2CC(O)C3)c1OC. The summed E-state index contributed by atoms with van der Waals surface area (Å²) in [6, 6.07) is 0.726. The first-order chi connectivity index (χ1) is 9.24. The van der Waals surface area contributed by atoms with Crippen molar-refractivity contribution in [2.45, 2.75) is 43.9 Å². The van der Waals surface area contributed by atoms with Crippen LogP contribution in [0.4, 0.5) is 11.6 Å². The summed E-state index contributed by atoms with van der Waals surface area (Å²) in [5.41, 5.74) is 0. The second kappa shape index (κ2) is 4.85. The van der Waals surface area contributed by atoms with Gasteiger partial charge in [-0.3, -0.25) is 0 Å². The van der Waals surface area contributed by atoms with Crippen LogP contribution in [0.15, 0.2) is 6.33 Å². The Morgan fingerprint density at radius 2 is 2.00 bits per heavy atom. The van der Waals surface area contributed by atoms with Gasteiger partial charge >= 0.3 is 0 Å². The van der Waals surface area contributed by atoms with E-state index in [-0.39, 0.29) is 6.10 Å². The lowest BCUT2D eigenvalue weighted by atomic mass is 10.00. The Kier molecular flexibility index (Phi) is 3.18. The molecule has 2 bridgehead atoms. The minimum atomic E-state index is -0.176. The van der Waals surface area contributed by atoms with Gasteiger partial charge in [-0.1, -0.05) is 0 Å².